The Morgan fingerprint density at radius 1 is 1.06 bits per heavy atom. The van der Waals surface area contributed by atoms with Gasteiger partial charge >= 0.3 is 6.03 Å². The normalized spacial score (nSPS) is 10.6. The Kier molecular flexibility index (Phi) is 11.1. The summed E-state index contributed by atoms with van der Waals surface area (Å²) in [6, 6.07) is -0.112. The van der Waals surface area contributed by atoms with Crippen molar-refractivity contribution in [1.29, 1.82) is 0 Å². The second kappa shape index (κ2) is 11.7. The quantitative estimate of drug-likeness (QED) is 0.566. The van der Waals surface area contributed by atoms with Gasteiger partial charge in [-0.2, -0.15) is 0 Å². The van der Waals surface area contributed by atoms with Crippen LogP contribution in [0.1, 0.15) is 27.2 Å². The summed E-state index contributed by atoms with van der Waals surface area (Å²) in [6.45, 7) is 11.9. The summed E-state index contributed by atoms with van der Waals surface area (Å²) in [5.41, 5.74) is 0. The van der Waals surface area contributed by atoms with Gasteiger partial charge in [0.05, 0.1) is 13.2 Å². The van der Waals surface area contributed by atoms with Crippen LogP contribution in [0.15, 0.2) is 0 Å². The molecule has 2 amide bonds. The summed E-state index contributed by atoms with van der Waals surface area (Å²) in [5.74, 6) is 0. The average molecular weight is 245 g/mol. The van der Waals surface area contributed by atoms with E-state index in [0.29, 0.717) is 19.7 Å². The molecule has 5 heteroatoms. The molecular weight excluding hydrogens is 218 g/mol. The van der Waals surface area contributed by atoms with E-state index >= 15 is 0 Å². The first-order chi connectivity index (χ1) is 8.24. The molecule has 0 aliphatic heterocycles. The largest absolute Gasteiger partial charge is 0.378 e. The topological polar surface area (TPSA) is 53.6 Å². The van der Waals surface area contributed by atoms with Crippen LogP contribution >= 0.6 is 0 Å². The highest BCUT2D eigenvalue weighted by atomic mass is 16.5. The number of likely N-dealkylation sites (N-methyl/N-ethyl adjacent to an activating group) is 1. The van der Waals surface area contributed by atoms with Crippen molar-refractivity contribution in [2.24, 2.45) is 0 Å². The van der Waals surface area contributed by atoms with Gasteiger partial charge in [-0.25, -0.2) is 4.79 Å². The van der Waals surface area contributed by atoms with Gasteiger partial charge in [0, 0.05) is 19.6 Å². The molecule has 0 rings (SSSR count). The number of urea groups is 1. The van der Waals surface area contributed by atoms with Crippen LogP contribution in [0.2, 0.25) is 0 Å². The van der Waals surface area contributed by atoms with Gasteiger partial charge in [-0.1, -0.05) is 20.8 Å². The number of amides is 2. The minimum Gasteiger partial charge on any atom is -0.378 e. The zero-order valence-electron chi connectivity index (χ0n) is 11.4. The average Bonchev–Trinajstić information content (AvgIpc) is 2.35. The smallest absolute Gasteiger partial charge is 0.314 e. The lowest BCUT2D eigenvalue weighted by Gasteiger charge is -2.17. The number of nitrogens with one attached hydrogen (secondary N) is 2. The van der Waals surface area contributed by atoms with Crippen molar-refractivity contribution in [3.8, 4) is 0 Å². The van der Waals surface area contributed by atoms with E-state index in [2.05, 4.69) is 29.4 Å². The number of ether oxygens (including phenoxy) is 1. The zero-order valence-corrected chi connectivity index (χ0v) is 11.4. The van der Waals surface area contributed by atoms with Crippen LogP contribution in [-0.4, -0.2) is 56.9 Å². The van der Waals surface area contributed by atoms with Gasteiger partial charge in [-0.15, -0.1) is 0 Å². The van der Waals surface area contributed by atoms with Gasteiger partial charge in [0.25, 0.3) is 0 Å². The second-order valence-electron chi connectivity index (χ2n) is 3.82. The fourth-order valence-electron chi connectivity index (χ4n) is 1.37. The summed E-state index contributed by atoms with van der Waals surface area (Å²) in [6.07, 6.45) is 0.952. The lowest BCUT2D eigenvalue weighted by atomic mass is 10.5. The SMILES string of the molecule is CCCNC(=O)NCCOCCN(CC)CC. The third kappa shape index (κ3) is 10.1. The molecule has 0 bridgehead atoms. The lowest BCUT2D eigenvalue weighted by Crippen LogP contribution is -2.37. The van der Waals surface area contributed by atoms with Crippen LogP contribution in [0.5, 0.6) is 0 Å². The van der Waals surface area contributed by atoms with Crippen molar-refractivity contribution in [2.75, 3.05) is 45.9 Å². The maximum Gasteiger partial charge on any atom is 0.314 e. The van der Waals surface area contributed by atoms with E-state index in [1.807, 2.05) is 6.92 Å². The van der Waals surface area contributed by atoms with Gasteiger partial charge in [0.1, 0.15) is 0 Å². The number of carbonyl (C=O) groups excluding carboxylic acids is 1. The maximum atomic E-state index is 11.1. The summed E-state index contributed by atoms with van der Waals surface area (Å²) in [5, 5.41) is 5.49. The molecule has 0 aromatic rings. The third-order valence-electron chi connectivity index (χ3n) is 2.51. The molecule has 0 atom stereocenters. The summed E-state index contributed by atoms with van der Waals surface area (Å²) < 4.78 is 5.44. The summed E-state index contributed by atoms with van der Waals surface area (Å²) in [4.78, 5) is 13.5. The molecule has 5 nitrogen and oxygen atoms in total. The number of rotatable bonds is 10. The number of nitrogens with zero attached hydrogens (tertiary/aromatic N) is 1. The Labute approximate surface area is 105 Å². The molecule has 0 heterocycles. The summed E-state index contributed by atoms with van der Waals surface area (Å²) >= 11 is 0. The fourth-order valence-corrected chi connectivity index (χ4v) is 1.37. The Bertz CT molecular complexity index is 185. The van der Waals surface area contributed by atoms with E-state index in [0.717, 1.165) is 32.7 Å². The van der Waals surface area contributed by atoms with E-state index in [9.17, 15) is 4.79 Å². The molecule has 17 heavy (non-hydrogen) atoms. The van der Waals surface area contributed by atoms with Gasteiger partial charge in [-0.3, -0.25) is 0 Å². The molecular formula is C12H27N3O2. The van der Waals surface area contributed by atoms with Crippen LogP contribution < -0.4 is 10.6 Å². The maximum absolute atomic E-state index is 11.1. The highest BCUT2D eigenvalue weighted by Gasteiger charge is 1.99. The van der Waals surface area contributed by atoms with E-state index < -0.39 is 0 Å². The predicted octanol–water partition coefficient (Wildman–Crippen LogP) is 1.05. The molecule has 0 aliphatic rings. The van der Waals surface area contributed by atoms with E-state index in [-0.39, 0.29) is 6.03 Å². The van der Waals surface area contributed by atoms with Crippen LogP contribution in [0, 0.1) is 0 Å². The molecule has 0 aliphatic carbocycles. The zero-order chi connectivity index (χ0) is 12.9. The molecule has 0 saturated heterocycles. The molecule has 2 N–H and O–H groups in total. The highest BCUT2D eigenvalue weighted by molar-refractivity contribution is 5.73. The van der Waals surface area contributed by atoms with Crippen molar-refractivity contribution in [1.82, 2.24) is 15.5 Å². The molecule has 0 saturated carbocycles. The fraction of sp³-hybridized carbons (Fsp3) is 0.917. The van der Waals surface area contributed by atoms with Crippen molar-refractivity contribution in [3.63, 3.8) is 0 Å². The second-order valence-corrected chi connectivity index (χ2v) is 3.82. The highest BCUT2D eigenvalue weighted by Crippen LogP contribution is 1.86. The number of carbonyl (C=O) groups is 1. The standard InChI is InChI=1S/C12H27N3O2/c1-4-7-13-12(16)14-8-10-17-11-9-15(5-2)6-3/h4-11H2,1-3H3,(H2,13,14,16). The van der Waals surface area contributed by atoms with Crippen molar-refractivity contribution >= 4 is 6.03 Å². The van der Waals surface area contributed by atoms with E-state index in [1.54, 1.807) is 0 Å². The first-order valence-corrected chi connectivity index (χ1v) is 6.56. The van der Waals surface area contributed by atoms with Crippen LogP contribution in [0.25, 0.3) is 0 Å². The van der Waals surface area contributed by atoms with Crippen molar-refractivity contribution in [2.45, 2.75) is 27.2 Å². The summed E-state index contributed by atoms with van der Waals surface area (Å²) in [7, 11) is 0. The molecule has 0 radical (unpaired) electrons. The number of hydrogen-bond acceptors (Lipinski definition) is 3. The van der Waals surface area contributed by atoms with Crippen LogP contribution in [0.4, 0.5) is 4.79 Å². The van der Waals surface area contributed by atoms with Crippen molar-refractivity contribution < 1.29 is 9.53 Å². The first-order valence-electron chi connectivity index (χ1n) is 6.56. The first kappa shape index (κ1) is 16.2. The van der Waals surface area contributed by atoms with Crippen molar-refractivity contribution in [3.05, 3.63) is 0 Å². The molecule has 0 aromatic heterocycles. The minimum absolute atomic E-state index is 0.112. The molecule has 0 fully saturated rings. The monoisotopic (exact) mass is 245 g/mol. The predicted molar refractivity (Wildman–Crippen MR) is 70.3 cm³/mol. The minimum atomic E-state index is -0.112. The third-order valence-corrected chi connectivity index (χ3v) is 2.51. The van der Waals surface area contributed by atoms with Gasteiger partial charge in [0.2, 0.25) is 0 Å². The van der Waals surface area contributed by atoms with E-state index in [4.69, 9.17) is 4.74 Å². The molecule has 0 unspecified atom stereocenters. The Balaban J connectivity index is 3.25. The van der Waals surface area contributed by atoms with Crippen LogP contribution in [-0.2, 0) is 4.74 Å². The molecule has 102 valence electrons. The van der Waals surface area contributed by atoms with Gasteiger partial charge in [-0.05, 0) is 19.5 Å². The Morgan fingerprint density at radius 3 is 2.29 bits per heavy atom. The molecule has 0 spiro atoms. The van der Waals surface area contributed by atoms with Gasteiger partial charge < -0.3 is 20.3 Å². The Morgan fingerprint density at radius 2 is 1.71 bits per heavy atom. The number of hydrogen-bond donors (Lipinski definition) is 2. The molecule has 0 aromatic carbocycles. The lowest BCUT2D eigenvalue weighted by molar-refractivity contribution is 0.109. The van der Waals surface area contributed by atoms with Gasteiger partial charge in [0.15, 0.2) is 0 Å². The van der Waals surface area contributed by atoms with E-state index in [1.165, 1.54) is 0 Å². The van der Waals surface area contributed by atoms with Crippen LogP contribution in [0.3, 0.4) is 0 Å². The Hall–Kier alpha value is -0.810.